The van der Waals surface area contributed by atoms with Gasteiger partial charge in [-0.3, -0.25) is 4.79 Å². The lowest BCUT2D eigenvalue weighted by atomic mass is 10.2. The number of carbonyl (C=O) groups excluding carboxylic acids is 2. The lowest BCUT2D eigenvalue weighted by Gasteiger charge is -2.28. The molecule has 0 spiro atoms. The van der Waals surface area contributed by atoms with E-state index in [2.05, 4.69) is 0 Å². The van der Waals surface area contributed by atoms with E-state index in [1.807, 2.05) is 44.2 Å². The maximum absolute atomic E-state index is 12.1. The van der Waals surface area contributed by atoms with Gasteiger partial charge in [0.15, 0.2) is 0 Å². The maximum Gasteiger partial charge on any atom is 0.429 e. The van der Waals surface area contributed by atoms with Crippen LogP contribution in [0.5, 0.6) is 0 Å². The molecule has 0 aromatic heterocycles. The van der Waals surface area contributed by atoms with Crippen LogP contribution >= 0.6 is 0 Å². The Morgan fingerprint density at radius 1 is 1.15 bits per heavy atom. The minimum atomic E-state index is -0.458. The Labute approximate surface area is 119 Å². The number of carbonyl (C=O) groups is 2. The highest BCUT2D eigenvalue weighted by Gasteiger charge is 2.32. The molecule has 5 nitrogen and oxygen atoms in total. The third-order valence-corrected chi connectivity index (χ3v) is 3.20. The predicted octanol–water partition coefficient (Wildman–Crippen LogP) is 2.43. The van der Waals surface area contributed by atoms with Crippen LogP contribution in [0.25, 0.3) is 0 Å². The Morgan fingerprint density at radius 2 is 1.80 bits per heavy atom. The Bertz CT molecular complexity index is 473. The highest BCUT2D eigenvalue weighted by Crippen LogP contribution is 2.16. The molecule has 0 aliphatic carbocycles. The number of nitrogens with zero attached hydrogens (tertiary/aromatic N) is 2. The molecule has 108 valence electrons. The Kier molecular flexibility index (Phi) is 4.61. The van der Waals surface area contributed by atoms with Crippen LogP contribution in [-0.4, -0.2) is 35.1 Å². The van der Waals surface area contributed by atoms with Crippen LogP contribution in [0.4, 0.5) is 4.79 Å². The van der Waals surface area contributed by atoms with Crippen LogP contribution in [0, 0.1) is 5.92 Å². The fourth-order valence-corrected chi connectivity index (χ4v) is 2.12. The molecule has 1 aromatic carbocycles. The summed E-state index contributed by atoms with van der Waals surface area (Å²) in [5.74, 6) is -0.170. The molecule has 0 saturated carbocycles. The smallest absolute Gasteiger partial charge is 0.429 e. The van der Waals surface area contributed by atoms with Gasteiger partial charge in [0.2, 0.25) is 5.91 Å². The second-order valence-electron chi connectivity index (χ2n) is 5.13. The third-order valence-electron chi connectivity index (χ3n) is 3.20. The van der Waals surface area contributed by atoms with Crippen molar-refractivity contribution in [1.82, 2.24) is 10.0 Å². The van der Waals surface area contributed by atoms with Crippen LogP contribution < -0.4 is 0 Å². The van der Waals surface area contributed by atoms with E-state index >= 15 is 0 Å². The van der Waals surface area contributed by atoms with Gasteiger partial charge in [-0.1, -0.05) is 44.2 Å². The van der Waals surface area contributed by atoms with Gasteiger partial charge in [0, 0.05) is 19.0 Å². The molecule has 2 amide bonds. The standard InChI is InChI=1S/C15H20N2O3/c1-12(2)14(18)16-9-6-10-17(16)15(19)20-11-13-7-4-3-5-8-13/h3-5,7-8,12H,6,9-11H2,1-2H3. The third kappa shape index (κ3) is 3.29. The van der Waals surface area contributed by atoms with Gasteiger partial charge in [-0.25, -0.2) is 14.8 Å². The van der Waals surface area contributed by atoms with Gasteiger partial charge in [0.05, 0.1) is 0 Å². The summed E-state index contributed by atoms with van der Waals surface area (Å²) in [6.07, 6.45) is 0.333. The summed E-state index contributed by atoms with van der Waals surface area (Å²) < 4.78 is 5.27. The highest BCUT2D eigenvalue weighted by atomic mass is 16.6. The zero-order valence-corrected chi connectivity index (χ0v) is 11.9. The van der Waals surface area contributed by atoms with E-state index in [1.165, 1.54) is 10.0 Å². The summed E-state index contributed by atoms with van der Waals surface area (Å²) in [5.41, 5.74) is 0.932. The summed E-state index contributed by atoms with van der Waals surface area (Å²) in [6, 6.07) is 9.50. The highest BCUT2D eigenvalue weighted by molar-refractivity contribution is 5.81. The molecule has 0 bridgehead atoms. The fourth-order valence-electron chi connectivity index (χ4n) is 2.12. The van der Waals surface area contributed by atoms with Crippen molar-refractivity contribution >= 4 is 12.0 Å². The largest absolute Gasteiger partial charge is 0.443 e. The summed E-state index contributed by atoms with van der Waals surface area (Å²) in [6.45, 7) is 4.99. The molecular weight excluding hydrogens is 256 g/mol. The molecule has 0 radical (unpaired) electrons. The Hall–Kier alpha value is -2.04. The number of hydrazine groups is 1. The SMILES string of the molecule is CC(C)C(=O)N1CCCN1C(=O)OCc1ccccc1. The van der Waals surface area contributed by atoms with Crippen molar-refractivity contribution in [3.63, 3.8) is 0 Å². The van der Waals surface area contributed by atoms with Gasteiger partial charge >= 0.3 is 6.09 Å². The molecule has 1 aliphatic heterocycles. The normalized spacial score (nSPS) is 14.8. The van der Waals surface area contributed by atoms with Crippen molar-refractivity contribution in [3.8, 4) is 0 Å². The molecule has 2 rings (SSSR count). The first-order valence-corrected chi connectivity index (χ1v) is 6.89. The van der Waals surface area contributed by atoms with Crippen LogP contribution in [0.15, 0.2) is 30.3 Å². The van der Waals surface area contributed by atoms with Gasteiger partial charge in [0.25, 0.3) is 0 Å². The summed E-state index contributed by atoms with van der Waals surface area (Å²) in [4.78, 5) is 24.1. The van der Waals surface area contributed by atoms with Crippen LogP contribution in [0.2, 0.25) is 0 Å². The number of amides is 2. The Morgan fingerprint density at radius 3 is 2.45 bits per heavy atom. The van der Waals surface area contributed by atoms with Gasteiger partial charge < -0.3 is 4.74 Å². The molecule has 1 fully saturated rings. The minimum Gasteiger partial charge on any atom is -0.443 e. The van der Waals surface area contributed by atoms with Crippen molar-refractivity contribution in [3.05, 3.63) is 35.9 Å². The molecule has 1 aromatic rings. The molecule has 1 saturated heterocycles. The van der Waals surface area contributed by atoms with Crippen molar-refractivity contribution in [1.29, 1.82) is 0 Å². The average molecular weight is 276 g/mol. The number of benzene rings is 1. The van der Waals surface area contributed by atoms with Crippen molar-refractivity contribution in [2.24, 2.45) is 5.92 Å². The van der Waals surface area contributed by atoms with Gasteiger partial charge in [0.1, 0.15) is 6.61 Å². The predicted molar refractivity (Wildman–Crippen MR) is 74.5 cm³/mol. The minimum absolute atomic E-state index is 0.0424. The van der Waals surface area contributed by atoms with E-state index in [9.17, 15) is 9.59 Å². The fraction of sp³-hybridized carbons (Fsp3) is 0.467. The van der Waals surface area contributed by atoms with Crippen LogP contribution in [0.1, 0.15) is 25.8 Å². The summed E-state index contributed by atoms with van der Waals surface area (Å²) in [7, 11) is 0. The quantitative estimate of drug-likeness (QED) is 0.852. The first-order chi connectivity index (χ1) is 9.59. The Balaban J connectivity index is 1.93. The maximum atomic E-state index is 12.1. The first kappa shape index (κ1) is 14.4. The van der Waals surface area contributed by atoms with Gasteiger partial charge in [-0.05, 0) is 12.0 Å². The van der Waals surface area contributed by atoms with Gasteiger partial charge in [-0.2, -0.15) is 0 Å². The van der Waals surface area contributed by atoms with E-state index in [4.69, 9.17) is 4.74 Å². The van der Waals surface area contributed by atoms with E-state index in [1.54, 1.807) is 0 Å². The number of rotatable bonds is 3. The van der Waals surface area contributed by atoms with Crippen LogP contribution in [0.3, 0.4) is 0 Å². The topological polar surface area (TPSA) is 49.9 Å². The molecule has 1 heterocycles. The van der Waals surface area contributed by atoms with Gasteiger partial charge in [-0.15, -0.1) is 0 Å². The van der Waals surface area contributed by atoms with Crippen LogP contribution in [-0.2, 0) is 16.1 Å². The molecule has 20 heavy (non-hydrogen) atoms. The van der Waals surface area contributed by atoms with E-state index in [0.29, 0.717) is 13.1 Å². The summed E-state index contributed by atoms with van der Waals surface area (Å²) in [5, 5.41) is 2.91. The van der Waals surface area contributed by atoms with Crippen molar-refractivity contribution < 1.29 is 14.3 Å². The number of ether oxygens (including phenoxy) is 1. The summed E-state index contributed by atoms with van der Waals surface area (Å²) >= 11 is 0. The molecular formula is C15H20N2O3. The van der Waals surface area contributed by atoms with E-state index in [-0.39, 0.29) is 18.4 Å². The molecule has 5 heteroatoms. The van der Waals surface area contributed by atoms with Crippen molar-refractivity contribution in [2.75, 3.05) is 13.1 Å². The first-order valence-electron chi connectivity index (χ1n) is 6.89. The lowest BCUT2D eigenvalue weighted by Crippen LogP contribution is -2.46. The molecule has 0 N–H and O–H groups in total. The van der Waals surface area contributed by atoms with E-state index < -0.39 is 6.09 Å². The monoisotopic (exact) mass is 276 g/mol. The average Bonchev–Trinajstić information content (AvgIpc) is 2.94. The zero-order chi connectivity index (χ0) is 14.5. The molecule has 1 aliphatic rings. The number of hydrogen-bond donors (Lipinski definition) is 0. The lowest BCUT2D eigenvalue weighted by molar-refractivity contribution is -0.145. The zero-order valence-electron chi connectivity index (χ0n) is 11.9. The van der Waals surface area contributed by atoms with E-state index in [0.717, 1.165) is 12.0 Å². The molecule has 0 unspecified atom stereocenters. The second kappa shape index (κ2) is 6.41. The molecule has 0 atom stereocenters. The number of hydrogen-bond acceptors (Lipinski definition) is 3. The second-order valence-corrected chi connectivity index (χ2v) is 5.13. The van der Waals surface area contributed by atoms with Crippen molar-refractivity contribution in [2.45, 2.75) is 26.9 Å².